The number of nitrogens with zero attached hydrogens (tertiary/aromatic N) is 3. The molecule has 0 spiro atoms. The first-order chi connectivity index (χ1) is 10.0. The normalized spacial score (nSPS) is 12.0. The molecule has 3 rings (SSSR count). The Morgan fingerprint density at radius 1 is 1.05 bits per heavy atom. The minimum atomic E-state index is 0.0633. The summed E-state index contributed by atoms with van der Waals surface area (Å²) >= 11 is 0. The largest absolute Gasteiger partial charge is 0.306 e. The van der Waals surface area contributed by atoms with Gasteiger partial charge in [0.25, 0.3) is 0 Å². The smallest absolute Gasteiger partial charge is 0.0784 e. The SMILES string of the molecule is CC(C)(C)NCc1cnnn1-c1cccc2ccccc12. The Kier molecular flexibility index (Phi) is 3.47. The van der Waals surface area contributed by atoms with Gasteiger partial charge in [-0.2, -0.15) is 0 Å². The Morgan fingerprint density at radius 3 is 2.62 bits per heavy atom. The number of benzene rings is 2. The summed E-state index contributed by atoms with van der Waals surface area (Å²) in [5.74, 6) is 0. The van der Waals surface area contributed by atoms with Gasteiger partial charge in [-0.15, -0.1) is 5.10 Å². The monoisotopic (exact) mass is 280 g/mol. The highest BCUT2D eigenvalue weighted by Gasteiger charge is 2.13. The van der Waals surface area contributed by atoms with Crippen LogP contribution in [0.3, 0.4) is 0 Å². The first-order valence-corrected chi connectivity index (χ1v) is 7.17. The van der Waals surface area contributed by atoms with Crippen molar-refractivity contribution >= 4 is 10.8 Å². The molecular formula is C17H20N4. The van der Waals surface area contributed by atoms with Crippen molar-refractivity contribution in [2.75, 3.05) is 0 Å². The molecule has 0 atom stereocenters. The van der Waals surface area contributed by atoms with Gasteiger partial charge in [-0.3, -0.25) is 0 Å². The summed E-state index contributed by atoms with van der Waals surface area (Å²) in [7, 11) is 0. The van der Waals surface area contributed by atoms with Crippen LogP contribution in [-0.4, -0.2) is 20.5 Å². The number of fused-ring (bicyclic) bond motifs is 1. The molecule has 0 amide bonds. The molecule has 1 N–H and O–H groups in total. The average molecular weight is 280 g/mol. The zero-order valence-electron chi connectivity index (χ0n) is 12.7. The van der Waals surface area contributed by atoms with Crippen LogP contribution in [0, 0.1) is 0 Å². The minimum Gasteiger partial charge on any atom is -0.306 e. The summed E-state index contributed by atoms with van der Waals surface area (Å²) in [6.07, 6.45) is 1.82. The Labute approximate surface area is 124 Å². The number of rotatable bonds is 3. The molecule has 4 heteroatoms. The fourth-order valence-electron chi connectivity index (χ4n) is 2.33. The highest BCUT2D eigenvalue weighted by atomic mass is 15.4. The Hall–Kier alpha value is -2.20. The molecule has 4 nitrogen and oxygen atoms in total. The van der Waals surface area contributed by atoms with Gasteiger partial charge in [-0.1, -0.05) is 41.6 Å². The molecule has 0 aliphatic carbocycles. The van der Waals surface area contributed by atoms with Crippen LogP contribution in [0.5, 0.6) is 0 Å². The first-order valence-electron chi connectivity index (χ1n) is 7.17. The van der Waals surface area contributed by atoms with E-state index in [1.165, 1.54) is 10.8 Å². The van der Waals surface area contributed by atoms with Crippen LogP contribution in [0.15, 0.2) is 48.7 Å². The van der Waals surface area contributed by atoms with Crippen LogP contribution in [0.2, 0.25) is 0 Å². The number of nitrogens with one attached hydrogen (secondary N) is 1. The van der Waals surface area contributed by atoms with Crippen LogP contribution in [0.4, 0.5) is 0 Å². The molecule has 0 bridgehead atoms. The van der Waals surface area contributed by atoms with Gasteiger partial charge in [0.1, 0.15) is 0 Å². The van der Waals surface area contributed by atoms with Gasteiger partial charge in [0.05, 0.1) is 17.6 Å². The lowest BCUT2D eigenvalue weighted by molar-refractivity contribution is 0.418. The van der Waals surface area contributed by atoms with Gasteiger partial charge in [0, 0.05) is 17.5 Å². The van der Waals surface area contributed by atoms with E-state index < -0.39 is 0 Å². The molecule has 0 aliphatic heterocycles. The number of hydrogen-bond donors (Lipinski definition) is 1. The highest BCUT2D eigenvalue weighted by Crippen LogP contribution is 2.22. The molecule has 21 heavy (non-hydrogen) atoms. The summed E-state index contributed by atoms with van der Waals surface area (Å²) in [5, 5.41) is 14.2. The Balaban J connectivity index is 2.02. The molecule has 1 heterocycles. The van der Waals surface area contributed by atoms with Crippen LogP contribution < -0.4 is 5.32 Å². The molecule has 0 radical (unpaired) electrons. The standard InChI is InChI=1S/C17H20N4/c1-17(2,3)18-11-14-12-19-20-21(14)16-10-6-8-13-7-4-5-9-15(13)16/h4-10,12,18H,11H2,1-3H3. The third-order valence-corrected chi connectivity index (χ3v) is 3.41. The molecule has 0 fully saturated rings. The van der Waals surface area contributed by atoms with Crippen molar-refractivity contribution in [2.45, 2.75) is 32.9 Å². The molecule has 0 aliphatic rings. The van der Waals surface area contributed by atoms with Crippen molar-refractivity contribution in [3.8, 4) is 5.69 Å². The van der Waals surface area contributed by atoms with Gasteiger partial charge in [-0.25, -0.2) is 4.68 Å². The fraction of sp³-hybridized carbons (Fsp3) is 0.294. The van der Waals surface area contributed by atoms with Crippen molar-refractivity contribution < 1.29 is 0 Å². The van der Waals surface area contributed by atoms with Gasteiger partial charge in [0.15, 0.2) is 0 Å². The van der Waals surface area contributed by atoms with E-state index in [1.807, 2.05) is 10.9 Å². The van der Waals surface area contributed by atoms with Crippen molar-refractivity contribution in [1.82, 2.24) is 20.3 Å². The maximum Gasteiger partial charge on any atom is 0.0784 e. The molecule has 3 aromatic rings. The maximum atomic E-state index is 4.26. The molecule has 0 saturated carbocycles. The van der Waals surface area contributed by atoms with Crippen LogP contribution in [0.25, 0.3) is 16.5 Å². The molecule has 2 aromatic carbocycles. The van der Waals surface area contributed by atoms with Gasteiger partial charge >= 0.3 is 0 Å². The lowest BCUT2D eigenvalue weighted by Gasteiger charge is -2.20. The van der Waals surface area contributed by atoms with E-state index in [-0.39, 0.29) is 5.54 Å². The summed E-state index contributed by atoms with van der Waals surface area (Å²) in [6.45, 7) is 7.19. The second kappa shape index (κ2) is 5.30. The van der Waals surface area contributed by atoms with E-state index in [0.29, 0.717) is 0 Å². The molecule has 108 valence electrons. The quantitative estimate of drug-likeness (QED) is 0.800. The topological polar surface area (TPSA) is 42.7 Å². The fourth-order valence-corrected chi connectivity index (χ4v) is 2.33. The van der Waals surface area contributed by atoms with Crippen LogP contribution >= 0.6 is 0 Å². The predicted octanol–water partition coefficient (Wildman–Crippen LogP) is 3.31. The highest BCUT2D eigenvalue weighted by molar-refractivity contribution is 5.90. The van der Waals surface area contributed by atoms with Crippen LogP contribution in [-0.2, 0) is 6.54 Å². The first kappa shape index (κ1) is 13.8. The van der Waals surface area contributed by atoms with Crippen molar-refractivity contribution in [2.24, 2.45) is 0 Å². The Bertz CT molecular complexity index is 747. The van der Waals surface area contributed by atoms with Gasteiger partial charge in [0.2, 0.25) is 0 Å². The lowest BCUT2D eigenvalue weighted by atomic mass is 10.1. The summed E-state index contributed by atoms with van der Waals surface area (Å²) in [5.41, 5.74) is 2.19. The van der Waals surface area contributed by atoms with E-state index in [2.05, 4.69) is 78.9 Å². The van der Waals surface area contributed by atoms with E-state index in [0.717, 1.165) is 17.9 Å². The maximum absolute atomic E-state index is 4.26. The average Bonchev–Trinajstić information content (AvgIpc) is 2.92. The molecule has 0 unspecified atom stereocenters. The van der Waals surface area contributed by atoms with E-state index in [9.17, 15) is 0 Å². The zero-order valence-corrected chi connectivity index (χ0v) is 12.7. The second-order valence-corrected chi connectivity index (χ2v) is 6.24. The second-order valence-electron chi connectivity index (χ2n) is 6.24. The summed E-state index contributed by atoms with van der Waals surface area (Å²) < 4.78 is 1.92. The van der Waals surface area contributed by atoms with E-state index in [1.54, 1.807) is 0 Å². The Morgan fingerprint density at radius 2 is 1.81 bits per heavy atom. The third kappa shape index (κ3) is 2.95. The minimum absolute atomic E-state index is 0.0633. The van der Waals surface area contributed by atoms with Gasteiger partial charge in [-0.05, 0) is 32.2 Å². The van der Waals surface area contributed by atoms with Gasteiger partial charge < -0.3 is 5.32 Å². The van der Waals surface area contributed by atoms with Crippen molar-refractivity contribution in [3.05, 3.63) is 54.4 Å². The summed E-state index contributed by atoms with van der Waals surface area (Å²) in [6, 6.07) is 14.6. The predicted molar refractivity (Wildman–Crippen MR) is 85.5 cm³/mol. The van der Waals surface area contributed by atoms with Crippen molar-refractivity contribution in [3.63, 3.8) is 0 Å². The lowest BCUT2D eigenvalue weighted by Crippen LogP contribution is -2.35. The number of aromatic nitrogens is 3. The summed E-state index contributed by atoms with van der Waals surface area (Å²) in [4.78, 5) is 0. The van der Waals surface area contributed by atoms with E-state index >= 15 is 0 Å². The van der Waals surface area contributed by atoms with E-state index in [4.69, 9.17) is 0 Å². The zero-order chi connectivity index (χ0) is 14.9. The molecule has 1 aromatic heterocycles. The molecular weight excluding hydrogens is 260 g/mol. The molecule has 0 saturated heterocycles. The third-order valence-electron chi connectivity index (χ3n) is 3.41. The van der Waals surface area contributed by atoms with Crippen LogP contribution in [0.1, 0.15) is 26.5 Å². The van der Waals surface area contributed by atoms with Crippen molar-refractivity contribution in [1.29, 1.82) is 0 Å². The number of hydrogen-bond acceptors (Lipinski definition) is 3.